The van der Waals surface area contributed by atoms with Gasteiger partial charge in [-0.25, -0.2) is 9.97 Å². The molecule has 8 nitrogen and oxygen atoms in total. The summed E-state index contributed by atoms with van der Waals surface area (Å²) in [4.78, 5) is 34.5. The highest BCUT2D eigenvalue weighted by molar-refractivity contribution is 7.99. The summed E-state index contributed by atoms with van der Waals surface area (Å²) in [5.41, 5.74) is 0.984. The second-order valence-electron chi connectivity index (χ2n) is 6.56. The van der Waals surface area contributed by atoms with Gasteiger partial charge in [0.2, 0.25) is 5.82 Å². The minimum absolute atomic E-state index is 0.127. The lowest BCUT2D eigenvalue weighted by atomic mass is 9.98. The van der Waals surface area contributed by atoms with E-state index in [1.807, 2.05) is 31.2 Å². The lowest BCUT2D eigenvalue weighted by molar-refractivity contribution is -0.387. The van der Waals surface area contributed by atoms with Crippen molar-refractivity contribution in [1.29, 1.82) is 0 Å². The lowest BCUT2D eigenvalue weighted by Crippen LogP contribution is -2.40. The summed E-state index contributed by atoms with van der Waals surface area (Å²) in [5.74, 6) is -0.321. The molecule has 1 aliphatic rings. The van der Waals surface area contributed by atoms with Gasteiger partial charge in [0, 0.05) is 18.0 Å². The normalized spacial score (nSPS) is 16.6. The van der Waals surface area contributed by atoms with Gasteiger partial charge in [-0.1, -0.05) is 29.5 Å². The van der Waals surface area contributed by atoms with Crippen molar-refractivity contribution in [3.05, 3.63) is 46.3 Å². The number of aryl methyl sites for hydroxylation is 1. The van der Waals surface area contributed by atoms with E-state index in [9.17, 15) is 14.9 Å². The summed E-state index contributed by atoms with van der Waals surface area (Å²) >= 11 is 1.23. The second kappa shape index (κ2) is 9.01. The molecule has 1 atom stereocenters. The Hall–Kier alpha value is -2.68. The molecular weight excluding hydrogens is 380 g/mol. The molecule has 2 aromatic rings. The third-order valence-electron chi connectivity index (χ3n) is 4.53. The van der Waals surface area contributed by atoms with E-state index in [1.165, 1.54) is 18.1 Å². The third kappa shape index (κ3) is 4.59. The first kappa shape index (κ1) is 20.1. The molecule has 1 unspecified atom stereocenters. The highest BCUT2D eigenvalue weighted by Crippen LogP contribution is 2.39. The van der Waals surface area contributed by atoms with Gasteiger partial charge < -0.3 is 9.64 Å². The smallest absolute Gasteiger partial charge is 0.343 e. The first-order chi connectivity index (χ1) is 13.5. The van der Waals surface area contributed by atoms with E-state index >= 15 is 0 Å². The maximum atomic E-state index is 12.1. The number of esters is 1. The van der Waals surface area contributed by atoms with Crippen molar-refractivity contribution < 1.29 is 14.5 Å². The van der Waals surface area contributed by atoms with Crippen LogP contribution in [0.5, 0.6) is 0 Å². The largest absolute Gasteiger partial charge is 0.466 e. The Morgan fingerprint density at radius 2 is 2.11 bits per heavy atom. The zero-order valence-corrected chi connectivity index (χ0v) is 16.6. The first-order valence-corrected chi connectivity index (χ1v) is 9.96. The topological polar surface area (TPSA) is 98.5 Å². The fourth-order valence-electron chi connectivity index (χ4n) is 3.16. The molecule has 148 valence electrons. The maximum Gasteiger partial charge on any atom is 0.343 e. The number of hydrogen-bond donors (Lipinski definition) is 0. The molecule has 1 aromatic heterocycles. The Morgan fingerprint density at radius 1 is 1.36 bits per heavy atom. The van der Waals surface area contributed by atoms with Gasteiger partial charge in [0.1, 0.15) is 6.33 Å². The van der Waals surface area contributed by atoms with Crippen LogP contribution in [0.15, 0.2) is 40.5 Å². The molecule has 0 amide bonds. The number of ether oxygens (including phenoxy) is 1. The van der Waals surface area contributed by atoms with E-state index in [4.69, 9.17) is 4.74 Å². The summed E-state index contributed by atoms with van der Waals surface area (Å²) in [5, 5.41) is 12.1. The molecule has 9 heteroatoms. The SMILES string of the molecule is CCOC(=O)C1CCCN(c2ncnc(Sc3ccc(C)cc3)c2[N+](=O)[O-])C1. The van der Waals surface area contributed by atoms with Gasteiger partial charge in [-0.15, -0.1) is 0 Å². The van der Waals surface area contributed by atoms with Gasteiger partial charge in [-0.3, -0.25) is 14.9 Å². The number of piperidine rings is 1. The van der Waals surface area contributed by atoms with Crippen LogP contribution in [-0.4, -0.2) is 40.6 Å². The van der Waals surface area contributed by atoms with Crippen molar-refractivity contribution in [2.24, 2.45) is 5.92 Å². The van der Waals surface area contributed by atoms with Crippen LogP contribution in [0.4, 0.5) is 11.5 Å². The highest BCUT2D eigenvalue weighted by atomic mass is 32.2. The van der Waals surface area contributed by atoms with E-state index < -0.39 is 4.92 Å². The number of hydrogen-bond acceptors (Lipinski definition) is 8. The fraction of sp³-hybridized carbons (Fsp3) is 0.421. The Kier molecular flexibility index (Phi) is 6.45. The van der Waals surface area contributed by atoms with Crippen LogP contribution in [0.1, 0.15) is 25.3 Å². The molecule has 0 aliphatic carbocycles. The van der Waals surface area contributed by atoms with Gasteiger partial charge in [0.25, 0.3) is 0 Å². The average Bonchev–Trinajstić information content (AvgIpc) is 2.69. The van der Waals surface area contributed by atoms with Crippen LogP contribution in [0, 0.1) is 23.0 Å². The molecule has 0 spiro atoms. The van der Waals surface area contributed by atoms with Crippen molar-refractivity contribution in [2.75, 3.05) is 24.6 Å². The number of rotatable bonds is 6. The Morgan fingerprint density at radius 3 is 2.79 bits per heavy atom. The predicted molar refractivity (Wildman–Crippen MR) is 106 cm³/mol. The van der Waals surface area contributed by atoms with E-state index in [0.717, 1.165) is 16.9 Å². The Balaban J connectivity index is 1.89. The summed E-state index contributed by atoms with van der Waals surface area (Å²) < 4.78 is 5.12. The molecule has 0 saturated carbocycles. The van der Waals surface area contributed by atoms with E-state index in [-0.39, 0.29) is 28.4 Å². The minimum atomic E-state index is -0.445. The number of anilines is 1. The minimum Gasteiger partial charge on any atom is -0.466 e. The van der Waals surface area contributed by atoms with Crippen molar-refractivity contribution in [2.45, 2.75) is 36.6 Å². The third-order valence-corrected chi connectivity index (χ3v) is 5.53. The molecule has 1 aromatic carbocycles. The van der Waals surface area contributed by atoms with Crippen LogP contribution in [-0.2, 0) is 9.53 Å². The standard InChI is InChI=1S/C19H22N4O4S/c1-3-27-19(24)14-5-4-10-22(11-14)17-16(23(25)26)18(21-12-20-17)28-15-8-6-13(2)7-9-15/h6-9,12,14H,3-5,10-11H2,1-2H3. The fourth-order valence-corrected chi connectivity index (χ4v) is 4.02. The molecular formula is C19H22N4O4S. The number of benzene rings is 1. The van der Waals surface area contributed by atoms with Crippen LogP contribution < -0.4 is 4.90 Å². The summed E-state index contributed by atoms with van der Waals surface area (Å²) in [6.07, 6.45) is 2.79. The molecule has 1 saturated heterocycles. The van der Waals surface area contributed by atoms with Gasteiger partial charge in [0.05, 0.1) is 17.4 Å². The van der Waals surface area contributed by atoms with Crippen molar-refractivity contribution in [3.8, 4) is 0 Å². The molecule has 0 N–H and O–H groups in total. The molecule has 3 rings (SSSR count). The van der Waals surface area contributed by atoms with Crippen molar-refractivity contribution in [1.82, 2.24) is 9.97 Å². The molecule has 28 heavy (non-hydrogen) atoms. The molecule has 2 heterocycles. The van der Waals surface area contributed by atoms with E-state index in [2.05, 4.69) is 9.97 Å². The second-order valence-corrected chi connectivity index (χ2v) is 7.62. The maximum absolute atomic E-state index is 12.1. The molecule has 1 aliphatic heterocycles. The van der Waals surface area contributed by atoms with Crippen LogP contribution in [0.3, 0.4) is 0 Å². The van der Waals surface area contributed by atoms with E-state index in [0.29, 0.717) is 26.1 Å². The molecule has 0 radical (unpaired) electrons. The van der Waals surface area contributed by atoms with Gasteiger partial charge >= 0.3 is 11.7 Å². The number of carbonyl (C=O) groups is 1. The van der Waals surface area contributed by atoms with Crippen molar-refractivity contribution in [3.63, 3.8) is 0 Å². The lowest BCUT2D eigenvalue weighted by Gasteiger charge is -2.32. The first-order valence-electron chi connectivity index (χ1n) is 9.15. The number of nitro groups is 1. The highest BCUT2D eigenvalue weighted by Gasteiger charge is 2.33. The van der Waals surface area contributed by atoms with Crippen LogP contribution in [0.2, 0.25) is 0 Å². The van der Waals surface area contributed by atoms with Gasteiger partial charge in [-0.05, 0) is 38.8 Å². The number of carbonyl (C=O) groups excluding carboxylic acids is 1. The van der Waals surface area contributed by atoms with Crippen molar-refractivity contribution >= 4 is 29.2 Å². The quantitative estimate of drug-likeness (QED) is 0.313. The summed E-state index contributed by atoms with van der Waals surface area (Å²) in [6, 6.07) is 7.71. The van der Waals surface area contributed by atoms with Crippen LogP contribution >= 0.6 is 11.8 Å². The number of nitrogens with zero attached hydrogens (tertiary/aromatic N) is 4. The average molecular weight is 402 g/mol. The van der Waals surface area contributed by atoms with E-state index in [1.54, 1.807) is 11.8 Å². The zero-order valence-electron chi connectivity index (χ0n) is 15.8. The molecule has 0 bridgehead atoms. The van der Waals surface area contributed by atoms with Crippen LogP contribution in [0.25, 0.3) is 0 Å². The van der Waals surface area contributed by atoms with Gasteiger partial charge in [0.15, 0.2) is 5.03 Å². The van der Waals surface area contributed by atoms with Gasteiger partial charge in [-0.2, -0.15) is 0 Å². The molecule has 1 fully saturated rings. The summed E-state index contributed by atoms with van der Waals surface area (Å²) in [7, 11) is 0. The number of aromatic nitrogens is 2. The Bertz CT molecular complexity index is 860. The summed E-state index contributed by atoms with van der Waals surface area (Å²) in [6.45, 7) is 5.02. The zero-order chi connectivity index (χ0) is 20.1. The predicted octanol–water partition coefficient (Wildman–Crippen LogP) is 3.62. The monoisotopic (exact) mass is 402 g/mol. The Labute approximate surface area is 167 Å².